The molecule has 2 atom stereocenters. The summed E-state index contributed by atoms with van der Waals surface area (Å²) in [7, 11) is 0. The summed E-state index contributed by atoms with van der Waals surface area (Å²) in [4.78, 5) is 80.7. The summed E-state index contributed by atoms with van der Waals surface area (Å²) in [6.07, 6.45) is 12.6. The van der Waals surface area contributed by atoms with Crippen molar-refractivity contribution < 1.29 is 33.6 Å². The van der Waals surface area contributed by atoms with Crippen LogP contribution in [-0.2, 0) is 33.6 Å². The lowest BCUT2D eigenvalue weighted by molar-refractivity contribution is -0.143. The van der Waals surface area contributed by atoms with Crippen LogP contribution in [0.1, 0.15) is 306 Å². The van der Waals surface area contributed by atoms with E-state index in [2.05, 4.69) is 140 Å². The van der Waals surface area contributed by atoms with E-state index in [0.717, 1.165) is 67.8 Å². The number of nitrogens with zero attached hydrogens (tertiary/aromatic N) is 3. The Morgan fingerprint density at radius 2 is 0.708 bits per heavy atom. The van der Waals surface area contributed by atoms with E-state index in [-0.39, 0.29) is 107 Å². The van der Waals surface area contributed by atoms with E-state index >= 15 is 0 Å². The summed E-state index contributed by atoms with van der Waals surface area (Å²) in [6.45, 7) is 73.3. The number of hydrogen-bond acceptors (Lipinski definition) is 10. The van der Waals surface area contributed by atoms with E-state index in [4.69, 9.17) is 4.84 Å². The van der Waals surface area contributed by atoms with Gasteiger partial charge in [-0.2, -0.15) is 0 Å². The van der Waals surface area contributed by atoms with Crippen LogP contribution in [0, 0.1) is 78.8 Å². The normalized spacial score (nSPS) is 21.9. The minimum Gasteiger partial charge on any atom is -0.390 e. The molecule has 522 valence electrons. The summed E-state index contributed by atoms with van der Waals surface area (Å²) < 4.78 is 0.518. The van der Waals surface area contributed by atoms with Crippen LogP contribution in [0.4, 0.5) is 0 Å². The van der Waals surface area contributed by atoms with E-state index in [1.807, 2.05) is 127 Å². The van der Waals surface area contributed by atoms with Crippen LogP contribution in [-0.4, -0.2) is 104 Å². The fraction of sp³-hybridized carbons (Fsp3) is 0.907. The van der Waals surface area contributed by atoms with Crippen molar-refractivity contribution in [3.05, 3.63) is 0 Å². The number of carbonyl (C=O) groups excluding carboxylic acids is 6. The highest BCUT2D eigenvalue weighted by atomic mass is 32.2. The summed E-state index contributed by atoms with van der Waals surface area (Å²) in [6, 6.07) is 0. The lowest BCUT2D eigenvalue weighted by atomic mass is 9.74. The third-order valence-corrected chi connectivity index (χ3v) is 18.1. The maximum atomic E-state index is 12.1. The van der Waals surface area contributed by atoms with E-state index in [1.165, 1.54) is 48.3 Å². The molecule has 0 aromatic heterocycles. The molecule has 89 heavy (non-hydrogen) atoms. The second-order valence-electron chi connectivity index (χ2n) is 39.2. The van der Waals surface area contributed by atoms with Gasteiger partial charge in [0.2, 0.25) is 35.4 Å². The highest BCUT2D eigenvalue weighted by Crippen LogP contribution is 2.40. The lowest BCUT2D eigenvalue weighted by Crippen LogP contribution is -2.39. The molecule has 0 spiro atoms. The molecule has 0 bridgehead atoms. The fourth-order valence-electron chi connectivity index (χ4n) is 10.9. The van der Waals surface area contributed by atoms with Gasteiger partial charge in [0.25, 0.3) is 0 Å². The topological polar surface area (TPSA) is 155 Å². The van der Waals surface area contributed by atoms with Crippen LogP contribution in [0.2, 0.25) is 0 Å². The van der Waals surface area contributed by atoms with Gasteiger partial charge in [0.1, 0.15) is 5.60 Å². The molecular formula is C75H143N5O7S2. The molecule has 4 aliphatic rings. The average Bonchev–Trinajstić information content (AvgIpc) is 2.02. The van der Waals surface area contributed by atoms with Gasteiger partial charge in [0, 0.05) is 71.9 Å². The first-order valence-electron chi connectivity index (χ1n) is 34.2. The maximum Gasteiger partial charge on any atom is 0.233 e. The van der Waals surface area contributed by atoms with Crippen molar-refractivity contribution in [3.8, 4) is 0 Å². The number of amides is 6. The summed E-state index contributed by atoms with van der Waals surface area (Å²) in [5.41, 5.74) is 1.81. The van der Waals surface area contributed by atoms with Crippen LogP contribution >= 0.6 is 23.5 Å². The van der Waals surface area contributed by atoms with E-state index in [0.29, 0.717) is 36.8 Å². The Morgan fingerprint density at radius 1 is 0.427 bits per heavy atom. The molecule has 2 aliphatic carbocycles. The van der Waals surface area contributed by atoms with E-state index in [9.17, 15) is 28.8 Å². The van der Waals surface area contributed by atoms with Crippen LogP contribution in [0.15, 0.2) is 5.16 Å². The number of nitrogens with one attached hydrogen (secondary N) is 2. The fourth-order valence-corrected chi connectivity index (χ4v) is 12.5. The Kier molecular flexibility index (Phi) is 33.7. The van der Waals surface area contributed by atoms with Gasteiger partial charge < -0.3 is 15.5 Å². The average molecular weight is 1290 g/mol. The molecule has 0 aromatic rings. The van der Waals surface area contributed by atoms with Gasteiger partial charge in [-0.1, -0.05) is 213 Å². The van der Waals surface area contributed by atoms with Crippen molar-refractivity contribution in [2.24, 2.45) is 84.0 Å². The van der Waals surface area contributed by atoms with Crippen LogP contribution in [0.3, 0.4) is 0 Å². The molecular weight excluding hydrogens is 1150 g/mol. The third-order valence-electron chi connectivity index (χ3n) is 15.5. The first kappa shape index (κ1) is 86.4. The number of hydrogen-bond donors (Lipinski definition) is 2. The van der Waals surface area contributed by atoms with Gasteiger partial charge in [-0.25, -0.2) is 0 Å². The zero-order valence-corrected chi connectivity index (χ0v) is 65.8. The predicted octanol–water partition coefficient (Wildman–Crippen LogP) is 18.9. The number of oxime groups is 1. The van der Waals surface area contributed by atoms with Gasteiger partial charge >= 0.3 is 0 Å². The maximum absolute atomic E-state index is 12.1. The van der Waals surface area contributed by atoms with Crippen molar-refractivity contribution in [1.82, 2.24) is 20.4 Å². The smallest absolute Gasteiger partial charge is 0.233 e. The van der Waals surface area contributed by atoms with Crippen molar-refractivity contribution >= 4 is 64.7 Å². The van der Waals surface area contributed by atoms with Gasteiger partial charge in [-0.05, 0) is 140 Å². The number of rotatable bonds is 13. The molecule has 12 nitrogen and oxygen atoms in total. The van der Waals surface area contributed by atoms with E-state index in [1.54, 1.807) is 0 Å². The minimum absolute atomic E-state index is 0.00688. The molecule has 4 fully saturated rings. The second kappa shape index (κ2) is 34.7. The molecule has 2 unspecified atom stereocenters. The molecule has 2 heterocycles. The first-order chi connectivity index (χ1) is 39.5. The van der Waals surface area contributed by atoms with Crippen molar-refractivity contribution in [2.75, 3.05) is 37.7 Å². The Morgan fingerprint density at radius 3 is 0.910 bits per heavy atom. The minimum atomic E-state index is -0.218. The molecule has 2 saturated heterocycles. The van der Waals surface area contributed by atoms with Crippen molar-refractivity contribution in [1.29, 1.82) is 0 Å². The number of thioether (sulfide) groups is 2. The Bertz CT molecular complexity index is 2070. The van der Waals surface area contributed by atoms with Crippen molar-refractivity contribution in [2.45, 2.75) is 321 Å². The summed E-state index contributed by atoms with van der Waals surface area (Å²) in [5.74, 6) is 4.29. The number of likely N-dealkylation sites (tertiary alicyclic amines) is 2. The van der Waals surface area contributed by atoms with Crippen LogP contribution in [0.5, 0.6) is 0 Å². The Labute approximate surface area is 558 Å². The van der Waals surface area contributed by atoms with Crippen LogP contribution < -0.4 is 10.6 Å². The van der Waals surface area contributed by atoms with Crippen LogP contribution in [0.25, 0.3) is 0 Å². The first-order valence-corrected chi connectivity index (χ1v) is 36.2. The zero-order valence-electron chi connectivity index (χ0n) is 64.2. The highest BCUT2D eigenvalue weighted by molar-refractivity contribution is 8.02. The monoisotopic (exact) mass is 1290 g/mol. The number of carbonyl (C=O) groups is 6. The molecule has 0 aromatic carbocycles. The largest absolute Gasteiger partial charge is 0.390 e. The molecule has 2 saturated carbocycles. The third kappa shape index (κ3) is 41.7. The van der Waals surface area contributed by atoms with E-state index < -0.39 is 0 Å². The van der Waals surface area contributed by atoms with Gasteiger partial charge in [0.05, 0.1) is 17.5 Å². The molecule has 6 amide bonds. The summed E-state index contributed by atoms with van der Waals surface area (Å²) >= 11 is 3.84. The van der Waals surface area contributed by atoms with Crippen molar-refractivity contribution in [3.63, 3.8) is 0 Å². The highest BCUT2D eigenvalue weighted by Gasteiger charge is 2.47. The zero-order chi connectivity index (χ0) is 70.1. The molecule has 2 N–H and O–H groups in total. The Hall–Kier alpha value is -2.61. The second-order valence-corrected chi connectivity index (χ2v) is 42.8. The SMILES string of the molecule is CC(C)(C)CN1C(=O)CC(C(C)(C)C)C1=O.CC(C)(C)CN1C(=O)CC(C(C)(C)C)C1=O.CC(C)(C)CNC(=O)C1CCC(CC(C)(C)C)CC1.CC(C)(C)CNC(=O)C1CCC(CC(C)(C)C)CC1.CC(C)(C)ON=C(CSC(C)(C)C)CSC(C)(C)C. The molecule has 2 aliphatic heterocycles. The standard InChI is InChI=1S/2C17H33NO.C15H31NOS2.2C13H23NO2/c2*1-16(2,3)11-13-7-9-14(10-8-13)15(19)18-12-17(4,5)6;1-13(2,3)17-16-12(10-18-14(4,5)6)11-19-15(7,8)9;2*1-12(2,3)8-14-10(15)7-9(11(14)16)13(4,5)6/h2*13-14H,7-12H2,1-6H3,(H,18,19);10-11H2,1-9H3;2*9H,7-8H2,1-6H3. The van der Waals surface area contributed by atoms with Gasteiger partial charge in [-0.15, -0.1) is 23.5 Å². The summed E-state index contributed by atoms with van der Waals surface area (Å²) in [5, 5.41) is 10.6. The predicted molar refractivity (Wildman–Crippen MR) is 384 cm³/mol. The molecule has 4 rings (SSSR count). The number of imide groups is 2. The van der Waals surface area contributed by atoms with Gasteiger partial charge in [0.15, 0.2) is 0 Å². The van der Waals surface area contributed by atoms with Gasteiger partial charge in [-0.3, -0.25) is 38.6 Å². The quantitative estimate of drug-likeness (QED) is 0.104. The molecule has 14 heteroatoms. The lowest BCUT2D eigenvalue weighted by Gasteiger charge is -2.32. The molecule has 0 radical (unpaired) electrons. The Balaban J connectivity index is 0.00000109.